The summed E-state index contributed by atoms with van der Waals surface area (Å²) >= 11 is 0. The van der Waals surface area contributed by atoms with E-state index in [2.05, 4.69) is 35.9 Å². The molecule has 2 rings (SSSR count). The molecule has 2 fully saturated rings. The topological polar surface area (TPSA) is 35.6 Å². The van der Waals surface area contributed by atoms with Gasteiger partial charge in [-0.2, -0.15) is 0 Å². The van der Waals surface area contributed by atoms with Crippen molar-refractivity contribution in [1.29, 1.82) is 0 Å². The predicted octanol–water partition coefficient (Wildman–Crippen LogP) is 1.32. The van der Waals surface area contributed by atoms with Crippen LogP contribution in [0, 0.1) is 5.92 Å². The molecule has 2 saturated heterocycles. The number of rotatable bonds is 2. The monoisotopic (exact) mass is 267 g/mol. The molecule has 1 N–H and O–H groups in total. The summed E-state index contributed by atoms with van der Waals surface area (Å²) in [4.78, 5) is 16.9. The molecular weight excluding hydrogens is 238 g/mol. The van der Waals surface area contributed by atoms with Gasteiger partial charge in [-0.05, 0) is 52.6 Å². The van der Waals surface area contributed by atoms with Crippen molar-refractivity contribution in [3.8, 4) is 0 Å². The third-order valence-electron chi connectivity index (χ3n) is 4.50. The average molecular weight is 267 g/mol. The van der Waals surface area contributed by atoms with Crippen LogP contribution < -0.4 is 5.32 Å². The van der Waals surface area contributed by atoms with Crippen LogP contribution in [-0.2, 0) is 4.79 Å². The Morgan fingerprint density at radius 1 is 1.11 bits per heavy atom. The quantitative estimate of drug-likeness (QED) is 0.819. The Kier molecular flexibility index (Phi) is 4.85. The molecule has 0 aliphatic carbocycles. The van der Waals surface area contributed by atoms with E-state index in [4.69, 9.17) is 0 Å². The predicted molar refractivity (Wildman–Crippen MR) is 78.1 cm³/mol. The van der Waals surface area contributed by atoms with Crippen molar-refractivity contribution < 1.29 is 4.79 Å². The van der Waals surface area contributed by atoms with Crippen LogP contribution in [-0.4, -0.2) is 60.5 Å². The fourth-order valence-electron chi connectivity index (χ4n) is 3.09. The first-order valence-corrected chi connectivity index (χ1v) is 7.70. The Hall–Kier alpha value is -0.610. The summed E-state index contributed by atoms with van der Waals surface area (Å²) in [6.45, 7) is 12.7. The molecule has 19 heavy (non-hydrogen) atoms. The molecule has 2 aliphatic heterocycles. The molecule has 0 saturated carbocycles. The summed E-state index contributed by atoms with van der Waals surface area (Å²) in [7, 11) is 0. The highest BCUT2D eigenvalue weighted by molar-refractivity contribution is 5.76. The van der Waals surface area contributed by atoms with Gasteiger partial charge in [0.05, 0.1) is 0 Å². The number of nitrogens with one attached hydrogen (secondary N) is 1. The van der Waals surface area contributed by atoms with E-state index in [1.807, 2.05) is 0 Å². The van der Waals surface area contributed by atoms with Gasteiger partial charge in [0.15, 0.2) is 0 Å². The Labute approximate surface area is 117 Å². The van der Waals surface area contributed by atoms with Gasteiger partial charge in [-0.1, -0.05) is 0 Å². The van der Waals surface area contributed by atoms with Crippen molar-refractivity contribution in [2.45, 2.75) is 45.6 Å². The second kappa shape index (κ2) is 6.23. The Balaban J connectivity index is 1.76. The van der Waals surface area contributed by atoms with Crippen LogP contribution in [0.4, 0.5) is 0 Å². The van der Waals surface area contributed by atoms with E-state index in [1.54, 1.807) is 0 Å². The van der Waals surface area contributed by atoms with Crippen molar-refractivity contribution in [2.75, 3.05) is 39.3 Å². The standard InChI is InChI=1S/C15H29N3O/c1-15(2,3)18-10-8-17(9-11-18)14(19)12-13-4-6-16-7-5-13/h13,16H,4-12H2,1-3H3. The fraction of sp³-hybridized carbons (Fsp3) is 0.933. The average Bonchev–Trinajstić information content (AvgIpc) is 2.39. The molecule has 0 aromatic carbocycles. The van der Waals surface area contributed by atoms with Gasteiger partial charge in [0.2, 0.25) is 5.91 Å². The van der Waals surface area contributed by atoms with Crippen LogP contribution in [0.1, 0.15) is 40.0 Å². The Morgan fingerprint density at radius 2 is 1.68 bits per heavy atom. The van der Waals surface area contributed by atoms with Crippen molar-refractivity contribution >= 4 is 5.91 Å². The molecule has 0 bridgehead atoms. The van der Waals surface area contributed by atoms with Crippen LogP contribution in [0.15, 0.2) is 0 Å². The van der Waals surface area contributed by atoms with Gasteiger partial charge in [-0.15, -0.1) is 0 Å². The Bertz CT molecular complexity index is 297. The van der Waals surface area contributed by atoms with Gasteiger partial charge >= 0.3 is 0 Å². The van der Waals surface area contributed by atoms with E-state index in [1.165, 1.54) is 0 Å². The molecule has 0 spiro atoms. The molecule has 110 valence electrons. The molecule has 0 aromatic heterocycles. The van der Waals surface area contributed by atoms with Crippen LogP contribution in [0.3, 0.4) is 0 Å². The lowest BCUT2D eigenvalue weighted by Crippen LogP contribution is -2.54. The SMILES string of the molecule is CC(C)(C)N1CCN(C(=O)CC2CCNCC2)CC1. The lowest BCUT2D eigenvalue weighted by molar-refractivity contribution is -0.134. The zero-order valence-corrected chi connectivity index (χ0v) is 12.7. The molecule has 0 radical (unpaired) electrons. The first-order chi connectivity index (χ1) is 8.97. The molecule has 0 aromatic rings. The number of piperidine rings is 1. The Morgan fingerprint density at radius 3 is 2.21 bits per heavy atom. The summed E-state index contributed by atoms with van der Waals surface area (Å²) in [6.07, 6.45) is 3.08. The second-order valence-electron chi connectivity index (χ2n) is 6.94. The van der Waals surface area contributed by atoms with E-state index in [-0.39, 0.29) is 5.54 Å². The number of nitrogens with zero attached hydrogens (tertiary/aromatic N) is 2. The molecular formula is C15H29N3O. The zero-order chi connectivity index (χ0) is 13.9. The van der Waals surface area contributed by atoms with E-state index < -0.39 is 0 Å². The third kappa shape index (κ3) is 4.18. The first-order valence-electron chi connectivity index (χ1n) is 7.70. The maximum absolute atomic E-state index is 12.3. The zero-order valence-electron chi connectivity index (χ0n) is 12.7. The number of piperazine rings is 1. The van der Waals surface area contributed by atoms with E-state index >= 15 is 0 Å². The molecule has 4 nitrogen and oxygen atoms in total. The van der Waals surface area contributed by atoms with E-state index in [0.29, 0.717) is 11.8 Å². The van der Waals surface area contributed by atoms with Crippen LogP contribution >= 0.6 is 0 Å². The molecule has 4 heteroatoms. The first kappa shape index (κ1) is 14.8. The lowest BCUT2D eigenvalue weighted by Gasteiger charge is -2.42. The van der Waals surface area contributed by atoms with Gasteiger partial charge in [-0.3, -0.25) is 9.69 Å². The normalized spacial score (nSPS) is 23.6. The van der Waals surface area contributed by atoms with Gasteiger partial charge in [-0.25, -0.2) is 0 Å². The minimum Gasteiger partial charge on any atom is -0.340 e. The van der Waals surface area contributed by atoms with E-state index in [0.717, 1.165) is 58.5 Å². The minimum absolute atomic E-state index is 0.226. The number of carbonyl (C=O) groups excluding carboxylic acids is 1. The highest BCUT2D eigenvalue weighted by Gasteiger charge is 2.28. The summed E-state index contributed by atoms with van der Waals surface area (Å²) < 4.78 is 0. The molecule has 1 amide bonds. The smallest absolute Gasteiger partial charge is 0.222 e. The van der Waals surface area contributed by atoms with Gasteiger partial charge in [0.25, 0.3) is 0 Å². The minimum atomic E-state index is 0.226. The van der Waals surface area contributed by atoms with Gasteiger partial charge in [0, 0.05) is 38.1 Å². The second-order valence-corrected chi connectivity index (χ2v) is 6.94. The van der Waals surface area contributed by atoms with Crippen LogP contribution in [0.25, 0.3) is 0 Å². The number of amides is 1. The van der Waals surface area contributed by atoms with Crippen molar-refractivity contribution in [1.82, 2.24) is 15.1 Å². The maximum Gasteiger partial charge on any atom is 0.222 e. The third-order valence-corrected chi connectivity index (χ3v) is 4.50. The maximum atomic E-state index is 12.3. The van der Waals surface area contributed by atoms with Gasteiger partial charge < -0.3 is 10.2 Å². The lowest BCUT2D eigenvalue weighted by atomic mass is 9.94. The largest absolute Gasteiger partial charge is 0.340 e. The number of carbonyl (C=O) groups is 1. The summed E-state index contributed by atoms with van der Waals surface area (Å²) in [6, 6.07) is 0. The molecule has 2 aliphatic rings. The van der Waals surface area contributed by atoms with Gasteiger partial charge in [0.1, 0.15) is 0 Å². The van der Waals surface area contributed by atoms with Crippen molar-refractivity contribution in [3.05, 3.63) is 0 Å². The van der Waals surface area contributed by atoms with Crippen molar-refractivity contribution in [2.24, 2.45) is 5.92 Å². The molecule has 2 heterocycles. The van der Waals surface area contributed by atoms with Crippen LogP contribution in [0.5, 0.6) is 0 Å². The fourth-order valence-corrected chi connectivity index (χ4v) is 3.09. The highest BCUT2D eigenvalue weighted by atomic mass is 16.2. The summed E-state index contributed by atoms with van der Waals surface area (Å²) in [5.74, 6) is 0.981. The molecule has 0 unspecified atom stereocenters. The number of hydrogen-bond acceptors (Lipinski definition) is 3. The van der Waals surface area contributed by atoms with E-state index in [9.17, 15) is 4.79 Å². The molecule has 0 atom stereocenters. The summed E-state index contributed by atoms with van der Waals surface area (Å²) in [5, 5.41) is 3.36. The highest BCUT2D eigenvalue weighted by Crippen LogP contribution is 2.20. The van der Waals surface area contributed by atoms with Crippen molar-refractivity contribution in [3.63, 3.8) is 0 Å². The van der Waals surface area contributed by atoms with Crippen LogP contribution in [0.2, 0.25) is 0 Å². The number of hydrogen-bond donors (Lipinski definition) is 1. The summed E-state index contributed by atoms with van der Waals surface area (Å²) in [5.41, 5.74) is 0.226.